The molecule has 0 bridgehead atoms. The first-order chi connectivity index (χ1) is 10.0. The molecule has 1 aromatic carbocycles. The molecule has 1 aliphatic rings. The van der Waals surface area contributed by atoms with Gasteiger partial charge in [0.2, 0.25) is 5.91 Å². The summed E-state index contributed by atoms with van der Waals surface area (Å²) >= 11 is 0. The average Bonchev–Trinajstić information content (AvgIpc) is 2.59. The molecule has 1 fully saturated rings. The molecule has 0 aliphatic carbocycles. The number of nitrogens with two attached hydrogens (primary N) is 1. The van der Waals surface area contributed by atoms with Crippen LogP contribution in [0.25, 0.3) is 0 Å². The van der Waals surface area contributed by atoms with Gasteiger partial charge in [0.05, 0.1) is 13.2 Å². The molecular formula is C17H26N2O2. The summed E-state index contributed by atoms with van der Waals surface area (Å²) < 4.78 is 5.21. The third-order valence-electron chi connectivity index (χ3n) is 4.01. The van der Waals surface area contributed by atoms with E-state index in [-0.39, 0.29) is 18.0 Å². The first-order valence-electron chi connectivity index (χ1n) is 7.72. The minimum atomic E-state index is -0.0340. The second kappa shape index (κ2) is 6.94. The van der Waals surface area contributed by atoms with Crippen molar-refractivity contribution in [3.8, 4) is 5.75 Å². The zero-order valence-electron chi connectivity index (χ0n) is 13.2. The maximum absolute atomic E-state index is 12.4. The van der Waals surface area contributed by atoms with Gasteiger partial charge in [-0.1, -0.05) is 26.0 Å². The van der Waals surface area contributed by atoms with Crippen molar-refractivity contribution in [2.75, 3.05) is 13.7 Å². The van der Waals surface area contributed by atoms with E-state index >= 15 is 0 Å². The minimum absolute atomic E-state index is 0.0106. The molecule has 4 heteroatoms. The number of hydrogen-bond acceptors (Lipinski definition) is 3. The minimum Gasteiger partial charge on any atom is -0.497 e. The lowest BCUT2D eigenvalue weighted by molar-refractivity contribution is -0.133. The van der Waals surface area contributed by atoms with Crippen LogP contribution in [0.4, 0.5) is 0 Å². The second-order valence-corrected chi connectivity index (χ2v) is 6.21. The van der Waals surface area contributed by atoms with E-state index in [1.807, 2.05) is 29.2 Å². The highest BCUT2D eigenvalue weighted by atomic mass is 16.5. The van der Waals surface area contributed by atoms with Crippen LogP contribution < -0.4 is 10.5 Å². The van der Waals surface area contributed by atoms with Gasteiger partial charge in [-0.3, -0.25) is 4.79 Å². The predicted octanol–water partition coefficient (Wildman–Crippen LogP) is 2.73. The summed E-state index contributed by atoms with van der Waals surface area (Å²) in [5, 5.41) is 0. The number of benzene rings is 1. The number of carbonyl (C=O) groups excluding carboxylic acids is 1. The van der Waals surface area contributed by atoms with Gasteiger partial charge in [-0.05, 0) is 36.5 Å². The Morgan fingerprint density at radius 2 is 2.00 bits per heavy atom. The molecule has 2 atom stereocenters. The molecule has 1 aliphatic heterocycles. The number of amides is 1. The smallest absolute Gasteiger partial charge is 0.223 e. The number of methoxy groups -OCH3 is 1. The van der Waals surface area contributed by atoms with E-state index in [1.54, 1.807) is 7.11 Å². The van der Waals surface area contributed by atoms with Crippen LogP contribution in [0.1, 0.15) is 44.7 Å². The number of nitrogens with zero attached hydrogens (tertiary/aromatic N) is 1. The molecule has 21 heavy (non-hydrogen) atoms. The summed E-state index contributed by atoms with van der Waals surface area (Å²) in [5.74, 6) is 1.47. The highest BCUT2D eigenvalue weighted by Crippen LogP contribution is 2.31. The Morgan fingerprint density at radius 1 is 1.33 bits per heavy atom. The van der Waals surface area contributed by atoms with Crippen molar-refractivity contribution in [2.45, 2.75) is 45.2 Å². The molecule has 0 spiro atoms. The van der Waals surface area contributed by atoms with Crippen molar-refractivity contribution in [3.05, 3.63) is 29.8 Å². The van der Waals surface area contributed by atoms with Gasteiger partial charge >= 0.3 is 0 Å². The topological polar surface area (TPSA) is 55.6 Å². The zero-order chi connectivity index (χ0) is 15.4. The molecule has 1 aromatic rings. The van der Waals surface area contributed by atoms with Crippen LogP contribution in [0.15, 0.2) is 24.3 Å². The molecule has 2 N–H and O–H groups in total. The Labute approximate surface area is 127 Å². The SMILES string of the molecule is COc1ccc(C2C(N)CCCC(=O)N2CC(C)C)cc1. The van der Waals surface area contributed by atoms with Gasteiger partial charge in [-0.25, -0.2) is 0 Å². The van der Waals surface area contributed by atoms with E-state index < -0.39 is 0 Å². The Hall–Kier alpha value is -1.55. The molecule has 0 radical (unpaired) electrons. The van der Waals surface area contributed by atoms with Gasteiger partial charge in [-0.15, -0.1) is 0 Å². The summed E-state index contributed by atoms with van der Waals surface area (Å²) in [6.07, 6.45) is 2.37. The fourth-order valence-corrected chi connectivity index (χ4v) is 3.01. The summed E-state index contributed by atoms with van der Waals surface area (Å²) in [6, 6.07) is 7.87. The van der Waals surface area contributed by atoms with Gasteiger partial charge in [0.25, 0.3) is 0 Å². The van der Waals surface area contributed by atoms with Crippen LogP contribution in [0.3, 0.4) is 0 Å². The van der Waals surface area contributed by atoms with Crippen LogP contribution >= 0.6 is 0 Å². The summed E-state index contributed by atoms with van der Waals surface area (Å²) in [7, 11) is 1.65. The number of hydrogen-bond donors (Lipinski definition) is 1. The maximum atomic E-state index is 12.4. The van der Waals surface area contributed by atoms with Crippen molar-refractivity contribution < 1.29 is 9.53 Å². The van der Waals surface area contributed by atoms with E-state index in [2.05, 4.69) is 13.8 Å². The molecule has 116 valence electrons. The number of rotatable bonds is 4. The summed E-state index contributed by atoms with van der Waals surface area (Å²) in [4.78, 5) is 14.4. The van der Waals surface area contributed by atoms with E-state index in [0.717, 1.165) is 30.7 Å². The second-order valence-electron chi connectivity index (χ2n) is 6.21. The fraction of sp³-hybridized carbons (Fsp3) is 0.588. The van der Waals surface area contributed by atoms with Crippen molar-refractivity contribution in [3.63, 3.8) is 0 Å². The fourth-order valence-electron chi connectivity index (χ4n) is 3.01. The van der Waals surface area contributed by atoms with Crippen LogP contribution in [-0.4, -0.2) is 30.5 Å². The number of ether oxygens (including phenoxy) is 1. The van der Waals surface area contributed by atoms with Crippen molar-refractivity contribution >= 4 is 5.91 Å². The third kappa shape index (κ3) is 3.76. The molecule has 2 unspecified atom stereocenters. The Balaban J connectivity index is 2.33. The van der Waals surface area contributed by atoms with Crippen molar-refractivity contribution in [1.82, 2.24) is 4.90 Å². The molecule has 0 aromatic heterocycles. The van der Waals surface area contributed by atoms with E-state index in [0.29, 0.717) is 12.3 Å². The Morgan fingerprint density at radius 3 is 2.57 bits per heavy atom. The third-order valence-corrected chi connectivity index (χ3v) is 4.01. The Bertz CT molecular complexity index is 470. The normalized spacial score (nSPS) is 23.3. The lowest BCUT2D eigenvalue weighted by atomic mass is 9.95. The standard InChI is InChI=1S/C17H26N2O2/c1-12(2)11-19-16(20)6-4-5-15(18)17(19)13-7-9-14(21-3)10-8-13/h7-10,12,15,17H,4-6,11,18H2,1-3H3. The quantitative estimate of drug-likeness (QED) is 0.927. The number of carbonyl (C=O) groups is 1. The highest BCUT2D eigenvalue weighted by molar-refractivity contribution is 5.77. The molecule has 4 nitrogen and oxygen atoms in total. The van der Waals surface area contributed by atoms with Crippen LogP contribution in [0.2, 0.25) is 0 Å². The highest BCUT2D eigenvalue weighted by Gasteiger charge is 2.32. The number of likely N-dealkylation sites (tertiary alicyclic amines) is 1. The predicted molar refractivity (Wildman–Crippen MR) is 84.1 cm³/mol. The summed E-state index contributed by atoms with van der Waals surface area (Å²) in [5.41, 5.74) is 7.48. The maximum Gasteiger partial charge on any atom is 0.223 e. The van der Waals surface area contributed by atoms with Gasteiger partial charge in [0.15, 0.2) is 0 Å². The molecular weight excluding hydrogens is 264 g/mol. The lowest BCUT2D eigenvalue weighted by Crippen LogP contribution is -2.43. The van der Waals surface area contributed by atoms with E-state index in [4.69, 9.17) is 10.5 Å². The van der Waals surface area contributed by atoms with Crippen molar-refractivity contribution in [2.24, 2.45) is 11.7 Å². The zero-order valence-corrected chi connectivity index (χ0v) is 13.2. The van der Waals surface area contributed by atoms with Crippen molar-refractivity contribution in [1.29, 1.82) is 0 Å². The van der Waals surface area contributed by atoms with Crippen LogP contribution in [-0.2, 0) is 4.79 Å². The van der Waals surface area contributed by atoms with Gasteiger partial charge in [0.1, 0.15) is 5.75 Å². The lowest BCUT2D eigenvalue weighted by Gasteiger charge is -2.35. The molecule has 2 rings (SSSR count). The summed E-state index contributed by atoms with van der Waals surface area (Å²) in [6.45, 7) is 5.02. The van der Waals surface area contributed by atoms with E-state index in [9.17, 15) is 4.79 Å². The van der Waals surface area contributed by atoms with Crippen LogP contribution in [0.5, 0.6) is 5.75 Å². The molecule has 0 saturated carbocycles. The van der Waals surface area contributed by atoms with Gasteiger partial charge in [-0.2, -0.15) is 0 Å². The largest absolute Gasteiger partial charge is 0.497 e. The molecule has 1 heterocycles. The van der Waals surface area contributed by atoms with Gasteiger partial charge < -0.3 is 15.4 Å². The first-order valence-corrected chi connectivity index (χ1v) is 7.72. The molecule has 1 saturated heterocycles. The molecule has 1 amide bonds. The monoisotopic (exact) mass is 290 g/mol. The van der Waals surface area contributed by atoms with E-state index in [1.165, 1.54) is 0 Å². The first kappa shape index (κ1) is 15.8. The van der Waals surface area contributed by atoms with Crippen LogP contribution in [0, 0.1) is 5.92 Å². The average molecular weight is 290 g/mol. The Kier molecular flexibility index (Phi) is 5.23. The van der Waals surface area contributed by atoms with Gasteiger partial charge in [0, 0.05) is 19.0 Å².